The van der Waals surface area contributed by atoms with Gasteiger partial charge in [-0.15, -0.1) is 24.8 Å². The second-order valence-electron chi connectivity index (χ2n) is 2.72. The highest BCUT2D eigenvalue weighted by atomic mass is 127. The van der Waals surface area contributed by atoms with E-state index >= 15 is 0 Å². The first-order chi connectivity index (χ1) is 6.85. The average molecular weight is 351 g/mol. The fraction of sp³-hybridized carbons (Fsp3) is 0.375. The van der Waals surface area contributed by atoms with Crippen molar-refractivity contribution >= 4 is 34.2 Å². The third-order valence-corrected chi connectivity index (χ3v) is 3.36. The Labute approximate surface area is 103 Å². The lowest BCUT2D eigenvalue weighted by atomic mass is 10.2. The highest BCUT2D eigenvalue weighted by molar-refractivity contribution is 14.1. The van der Waals surface area contributed by atoms with Gasteiger partial charge in [-0.05, 0) is 35.1 Å². The van der Waals surface area contributed by atoms with Crippen molar-refractivity contribution in [2.75, 3.05) is 0 Å². The third-order valence-electron chi connectivity index (χ3n) is 1.59. The van der Waals surface area contributed by atoms with Crippen LogP contribution in [0.3, 0.4) is 0 Å². The maximum Gasteiger partial charge on any atom is 0.574 e. The average Bonchev–Trinajstić information content (AvgIpc) is 2.10. The van der Waals surface area contributed by atoms with E-state index in [9.17, 15) is 13.2 Å². The molecule has 15 heavy (non-hydrogen) atoms. The number of aryl methyl sites for hydroxylation is 1. The Hall–Kier alpha value is -0.240. The zero-order valence-corrected chi connectivity index (χ0v) is 10.4. The molecule has 0 spiro atoms. The van der Waals surface area contributed by atoms with E-state index < -0.39 is 12.2 Å². The van der Waals surface area contributed by atoms with Crippen LogP contribution >= 0.6 is 34.2 Å². The second kappa shape index (κ2) is 4.73. The van der Waals surface area contributed by atoms with E-state index in [0.29, 0.717) is 3.57 Å². The number of hydrogen-bond donors (Lipinski definition) is 0. The lowest BCUT2D eigenvalue weighted by molar-refractivity contribution is -0.276. The van der Waals surface area contributed by atoms with Gasteiger partial charge in [0.1, 0.15) is 0 Å². The van der Waals surface area contributed by atoms with Crippen LogP contribution in [0.5, 0.6) is 5.88 Å². The fourth-order valence-corrected chi connectivity index (χ4v) is 1.97. The monoisotopic (exact) mass is 351 g/mol. The Morgan fingerprint density at radius 3 is 2.60 bits per heavy atom. The van der Waals surface area contributed by atoms with Gasteiger partial charge in [-0.25, -0.2) is 4.98 Å². The minimum Gasteiger partial charge on any atom is -0.387 e. The molecule has 1 rings (SSSR count). The minimum absolute atomic E-state index is 0.0711. The Balaban J connectivity index is 3.14. The molecular formula is C8H6ClF3INO. The summed E-state index contributed by atoms with van der Waals surface area (Å²) < 4.78 is 40.3. The largest absolute Gasteiger partial charge is 0.574 e. The van der Waals surface area contributed by atoms with Gasteiger partial charge in [-0.2, -0.15) is 0 Å². The molecule has 0 bridgehead atoms. The summed E-state index contributed by atoms with van der Waals surface area (Å²) >= 11 is 7.46. The highest BCUT2D eigenvalue weighted by Crippen LogP contribution is 2.29. The molecule has 0 N–H and O–H groups in total. The molecule has 0 unspecified atom stereocenters. The van der Waals surface area contributed by atoms with Crippen LogP contribution in [-0.2, 0) is 5.88 Å². The van der Waals surface area contributed by atoms with Gasteiger partial charge in [0.15, 0.2) is 0 Å². The molecule has 7 heteroatoms. The van der Waals surface area contributed by atoms with Crippen molar-refractivity contribution in [1.82, 2.24) is 4.98 Å². The molecule has 0 fully saturated rings. The van der Waals surface area contributed by atoms with Crippen LogP contribution in [0.1, 0.15) is 11.1 Å². The summed E-state index contributed by atoms with van der Waals surface area (Å²) in [4.78, 5) is 3.56. The van der Waals surface area contributed by atoms with Gasteiger partial charge in [0, 0.05) is 15.3 Å². The summed E-state index contributed by atoms with van der Waals surface area (Å²) in [6.45, 7) is 1.74. The standard InChI is InChI=1S/C8H6ClF3INO/c1-4-3-14-7(15-8(10,11)12)5(2-9)6(4)13/h3H,2H2,1H3. The van der Waals surface area contributed by atoms with Gasteiger partial charge in [0.05, 0.1) is 5.88 Å². The van der Waals surface area contributed by atoms with Gasteiger partial charge in [-0.1, -0.05) is 0 Å². The van der Waals surface area contributed by atoms with E-state index in [0.717, 1.165) is 5.56 Å². The molecule has 0 aliphatic carbocycles. The summed E-state index contributed by atoms with van der Waals surface area (Å²) in [6, 6.07) is 0. The van der Waals surface area contributed by atoms with Gasteiger partial charge >= 0.3 is 6.36 Å². The minimum atomic E-state index is -4.74. The van der Waals surface area contributed by atoms with Crippen molar-refractivity contribution in [2.45, 2.75) is 19.2 Å². The lowest BCUT2D eigenvalue weighted by Crippen LogP contribution is -2.19. The van der Waals surface area contributed by atoms with E-state index in [1.165, 1.54) is 6.20 Å². The van der Waals surface area contributed by atoms with Crippen molar-refractivity contribution in [3.8, 4) is 5.88 Å². The molecule has 0 aliphatic heterocycles. The molecule has 84 valence electrons. The van der Waals surface area contributed by atoms with E-state index in [1.807, 2.05) is 22.6 Å². The normalized spacial score (nSPS) is 11.6. The van der Waals surface area contributed by atoms with E-state index in [2.05, 4.69) is 9.72 Å². The quantitative estimate of drug-likeness (QED) is 0.600. The zero-order chi connectivity index (χ0) is 11.6. The molecule has 0 radical (unpaired) electrons. The first-order valence-corrected chi connectivity index (χ1v) is 5.42. The number of ether oxygens (including phenoxy) is 1. The Bertz CT molecular complexity index is 370. The predicted octanol–water partition coefficient (Wildman–Crippen LogP) is 3.63. The van der Waals surface area contributed by atoms with Crippen molar-refractivity contribution < 1.29 is 17.9 Å². The number of halogens is 5. The predicted molar refractivity (Wildman–Crippen MR) is 57.9 cm³/mol. The lowest BCUT2D eigenvalue weighted by Gasteiger charge is -2.12. The number of aromatic nitrogens is 1. The maximum absolute atomic E-state index is 12.0. The van der Waals surface area contributed by atoms with Crippen molar-refractivity contribution in [3.63, 3.8) is 0 Å². The Morgan fingerprint density at radius 1 is 1.53 bits per heavy atom. The van der Waals surface area contributed by atoms with Gasteiger partial charge in [0.2, 0.25) is 5.88 Å². The summed E-state index contributed by atoms with van der Waals surface area (Å²) in [5.74, 6) is -0.550. The van der Waals surface area contributed by atoms with Crippen LogP contribution in [0.25, 0.3) is 0 Å². The fourth-order valence-electron chi connectivity index (χ4n) is 0.935. The molecule has 0 saturated heterocycles. The molecule has 0 atom stereocenters. The van der Waals surface area contributed by atoms with Crippen LogP contribution in [0.2, 0.25) is 0 Å². The number of nitrogens with zero attached hydrogens (tertiary/aromatic N) is 1. The molecule has 0 aliphatic rings. The molecule has 0 amide bonds. The van der Waals surface area contributed by atoms with E-state index in [4.69, 9.17) is 11.6 Å². The first kappa shape index (κ1) is 12.8. The van der Waals surface area contributed by atoms with Crippen LogP contribution in [0.4, 0.5) is 13.2 Å². The van der Waals surface area contributed by atoms with Crippen LogP contribution in [0.15, 0.2) is 6.20 Å². The number of hydrogen-bond acceptors (Lipinski definition) is 2. The summed E-state index contributed by atoms with van der Waals surface area (Å²) in [5.41, 5.74) is 1.02. The maximum atomic E-state index is 12.0. The number of pyridine rings is 1. The smallest absolute Gasteiger partial charge is 0.387 e. The summed E-state index contributed by atoms with van der Waals surface area (Å²) in [7, 11) is 0. The van der Waals surface area contributed by atoms with Crippen molar-refractivity contribution in [2.24, 2.45) is 0 Å². The number of alkyl halides is 4. The number of rotatable bonds is 2. The SMILES string of the molecule is Cc1cnc(OC(F)(F)F)c(CCl)c1I. The molecule has 2 nitrogen and oxygen atoms in total. The van der Waals surface area contributed by atoms with Crippen LogP contribution < -0.4 is 4.74 Å². The molecule has 1 heterocycles. The van der Waals surface area contributed by atoms with Gasteiger partial charge in [0.25, 0.3) is 0 Å². The molecular weight excluding hydrogens is 345 g/mol. The zero-order valence-electron chi connectivity index (χ0n) is 7.53. The second-order valence-corrected chi connectivity index (χ2v) is 4.07. The highest BCUT2D eigenvalue weighted by Gasteiger charge is 2.33. The van der Waals surface area contributed by atoms with Crippen LogP contribution in [0, 0.1) is 10.5 Å². The first-order valence-electron chi connectivity index (χ1n) is 3.81. The summed E-state index contributed by atoms with van der Waals surface area (Å²) in [5, 5.41) is 0. The van der Waals surface area contributed by atoms with E-state index in [1.54, 1.807) is 6.92 Å². The van der Waals surface area contributed by atoms with Gasteiger partial charge in [-0.3, -0.25) is 0 Å². The molecule has 1 aromatic rings. The Morgan fingerprint density at radius 2 is 2.13 bits per heavy atom. The van der Waals surface area contributed by atoms with Crippen molar-refractivity contribution in [1.29, 1.82) is 0 Å². The topological polar surface area (TPSA) is 22.1 Å². The molecule has 0 saturated carbocycles. The molecule has 1 aromatic heterocycles. The summed E-state index contributed by atoms with van der Waals surface area (Å²) in [6.07, 6.45) is -3.43. The third kappa shape index (κ3) is 3.37. The Kier molecular flexibility index (Phi) is 4.05. The van der Waals surface area contributed by atoms with Crippen LogP contribution in [-0.4, -0.2) is 11.3 Å². The van der Waals surface area contributed by atoms with Gasteiger partial charge < -0.3 is 4.74 Å². The van der Waals surface area contributed by atoms with E-state index in [-0.39, 0.29) is 11.4 Å². The molecule has 0 aromatic carbocycles. The van der Waals surface area contributed by atoms with Crippen molar-refractivity contribution in [3.05, 3.63) is 20.9 Å².